The normalized spacial score (nSPS) is 10.7. The molecular weight excluding hydrogens is 201 g/mol. The molecule has 0 aliphatic rings. The van der Waals surface area contributed by atoms with Crippen LogP contribution in [-0.4, -0.2) is 6.61 Å². The zero-order valence-corrected chi connectivity index (χ0v) is 8.53. The molecule has 2 nitrogen and oxygen atoms in total. The van der Waals surface area contributed by atoms with Gasteiger partial charge in [-0.05, 0) is 13.0 Å². The van der Waals surface area contributed by atoms with Gasteiger partial charge in [0.1, 0.15) is 11.6 Å². The van der Waals surface area contributed by atoms with Gasteiger partial charge in [-0.3, -0.25) is 0 Å². The number of nitrogen functional groups attached to an aromatic ring is 1. The first kappa shape index (κ1) is 9.27. The molecule has 0 fully saturated rings. The lowest BCUT2D eigenvalue weighted by atomic mass is 10.2. The molecule has 0 spiro atoms. The second-order valence-corrected chi connectivity index (χ2v) is 3.81. The fourth-order valence-electron chi connectivity index (χ4n) is 1.32. The topological polar surface area (TPSA) is 35.2 Å². The van der Waals surface area contributed by atoms with Gasteiger partial charge in [0.15, 0.2) is 0 Å². The molecule has 4 heteroatoms. The third kappa shape index (κ3) is 1.42. The van der Waals surface area contributed by atoms with Gasteiger partial charge in [-0.25, -0.2) is 4.39 Å². The lowest BCUT2D eigenvalue weighted by Crippen LogP contribution is -1.96. The number of halogens is 1. The van der Waals surface area contributed by atoms with Crippen LogP contribution in [0.25, 0.3) is 10.1 Å². The van der Waals surface area contributed by atoms with Crippen molar-refractivity contribution in [2.24, 2.45) is 0 Å². The number of rotatable bonds is 2. The average Bonchev–Trinajstić information content (AvgIpc) is 2.50. The fraction of sp³-hybridized carbons (Fsp3) is 0.200. The molecular formula is C10H10FNOS. The highest BCUT2D eigenvalue weighted by atomic mass is 32.1. The molecule has 1 heterocycles. The number of nitrogens with two attached hydrogens (primary N) is 1. The van der Waals surface area contributed by atoms with E-state index in [0.717, 1.165) is 4.70 Å². The second-order valence-electron chi connectivity index (χ2n) is 2.90. The maximum atomic E-state index is 13.2. The molecule has 0 saturated carbocycles. The summed E-state index contributed by atoms with van der Waals surface area (Å²) in [7, 11) is 0. The van der Waals surface area contributed by atoms with E-state index in [1.165, 1.54) is 16.7 Å². The van der Waals surface area contributed by atoms with Gasteiger partial charge in [-0.15, -0.1) is 11.3 Å². The predicted molar refractivity (Wildman–Crippen MR) is 57.4 cm³/mol. The van der Waals surface area contributed by atoms with Crippen LogP contribution in [0.5, 0.6) is 5.75 Å². The van der Waals surface area contributed by atoms with Crippen LogP contribution in [0, 0.1) is 5.82 Å². The molecule has 0 saturated heterocycles. The van der Waals surface area contributed by atoms with E-state index in [2.05, 4.69) is 0 Å². The Morgan fingerprint density at radius 2 is 2.29 bits per heavy atom. The Kier molecular flexibility index (Phi) is 2.29. The summed E-state index contributed by atoms with van der Waals surface area (Å²) in [4.78, 5) is 0. The molecule has 0 unspecified atom stereocenters. The van der Waals surface area contributed by atoms with Crippen LogP contribution in [0.1, 0.15) is 6.92 Å². The number of thiophene rings is 1. The second kappa shape index (κ2) is 3.46. The van der Waals surface area contributed by atoms with Crippen molar-refractivity contribution >= 4 is 27.1 Å². The number of benzene rings is 1. The van der Waals surface area contributed by atoms with Crippen LogP contribution < -0.4 is 10.5 Å². The summed E-state index contributed by atoms with van der Waals surface area (Å²) in [5.41, 5.74) is 6.20. The number of anilines is 1. The SMILES string of the molecule is CCOc1cc2scc(F)c2cc1N. The Labute approximate surface area is 85.1 Å². The Bertz CT molecular complexity index is 466. The van der Waals surface area contributed by atoms with E-state index in [1.54, 1.807) is 12.1 Å². The van der Waals surface area contributed by atoms with Crippen molar-refractivity contribution in [3.8, 4) is 5.75 Å². The third-order valence-corrected chi connectivity index (χ3v) is 2.87. The Morgan fingerprint density at radius 1 is 1.50 bits per heavy atom. The van der Waals surface area contributed by atoms with Crippen molar-refractivity contribution in [1.29, 1.82) is 0 Å². The van der Waals surface area contributed by atoms with Crippen LogP contribution in [0.3, 0.4) is 0 Å². The largest absolute Gasteiger partial charge is 0.492 e. The summed E-state index contributed by atoms with van der Waals surface area (Å²) < 4.78 is 19.3. The highest BCUT2D eigenvalue weighted by Crippen LogP contribution is 2.33. The van der Waals surface area contributed by atoms with Crippen molar-refractivity contribution in [3.63, 3.8) is 0 Å². The highest BCUT2D eigenvalue weighted by Gasteiger charge is 2.08. The van der Waals surface area contributed by atoms with Crippen LogP contribution in [0.4, 0.5) is 10.1 Å². The van der Waals surface area contributed by atoms with Crippen LogP contribution in [0.15, 0.2) is 17.5 Å². The van der Waals surface area contributed by atoms with E-state index < -0.39 is 0 Å². The lowest BCUT2D eigenvalue weighted by molar-refractivity contribution is 0.342. The number of fused-ring (bicyclic) bond motifs is 1. The van der Waals surface area contributed by atoms with Gasteiger partial charge >= 0.3 is 0 Å². The smallest absolute Gasteiger partial charge is 0.143 e. The molecule has 74 valence electrons. The van der Waals surface area contributed by atoms with Gasteiger partial charge in [0, 0.05) is 21.5 Å². The lowest BCUT2D eigenvalue weighted by Gasteiger charge is -2.06. The van der Waals surface area contributed by atoms with E-state index in [4.69, 9.17) is 10.5 Å². The average molecular weight is 211 g/mol. The van der Waals surface area contributed by atoms with Crippen LogP contribution in [-0.2, 0) is 0 Å². The summed E-state index contributed by atoms with van der Waals surface area (Å²) in [6, 6.07) is 3.40. The minimum absolute atomic E-state index is 0.222. The summed E-state index contributed by atoms with van der Waals surface area (Å²) in [6.45, 7) is 2.45. The molecule has 0 aliphatic carbocycles. The number of hydrogen-bond acceptors (Lipinski definition) is 3. The quantitative estimate of drug-likeness (QED) is 0.775. The highest BCUT2D eigenvalue weighted by molar-refractivity contribution is 7.17. The Morgan fingerprint density at radius 3 is 3.00 bits per heavy atom. The fourth-order valence-corrected chi connectivity index (χ4v) is 2.14. The van der Waals surface area contributed by atoms with Crippen molar-refractivity contribution in [2.45, 2.75) is 6.92 Å². The minimum atomic E-state index is -0.222. The van der Waals surface area contributed by atoms with Crippen LogP contribution >= 0.6 is 11.3 Å². The molecule has 1 aromatic carbocycles. The molecule has 2 N–H and O–H groups in total. The van der Waals surface area contributed by atoms with Crippen molar-refractivity contribution in [3.05, 3.63) is 23.3 Å². The van der Waals surface area contributed by atoms with Crippen molar-refractivity contribution < 1.29 is 9.13 Å². The Balaban J connectivity index is 2.60. The first-order valence-corrected chi connectivity index (χ1v) is 5.19. The van der Waals surface area contributed by atoms with Gasteiger partial charge in [-0.2, -0.15) is 0 Å². The number of hydrogen-bond donors (Lipinski definition) is 1. The van der Waals surface area contributed by atoms with E-state index in [-0.39, 0.29) is 5.82 Å². The monoisotopic (exact) mass is 211 g/mol. The molecule has 0 bridgehead atoms. The number of ether oxygens (including phenoxy) is 1. The summed E-state index contributed by atoms with van der Waals surface area (Å²) in [6.07, 6.45) is 0. The summed E-state index contributed by atoms with van der Waals surface area (Å²) >= 11 is 1.35. The molecule has 0 atom stereocenters. The standard InChI is InChI=1S/C10H10FNOS/c1-2-13-9-4-10-6(3-8(9)12)7(11)5-14-10/h3-5H,2,12H2,1H3. The molecule has 14 heavy (non-hydrogen) atoms. The van der Waals surface area contributed by atoms with Gasteiger partial charge in [0.2, 0.25) is 0 Å². The van der Waals surface area contributed by atoms with Gasteiger partial charge in [-0.1, -0.05) is 0 Å². The minimum Gasteiger partial charge on any atom is -0.492 e. The third-order valence-electron chi connectivity index (χ3n) is 1.96. The predicted octanol–water partition coefficient (Wildman–Crippen LogP) is 3.02. The first-order chi connectivity index (χ1) is 6.72. The maximum absolute atomic E-state index is 13.2. The summed E-state index contributed by atoms with van der Waals surface area (Å²) in [5.74, 6) is 0.404. The zero-order valence-electron chi connectivity index (χ0n) is 7.71. The van der Waals surface area contributed by atoms with E-state index >= 15 is 0 Å². The summed E-state index contributed by atoms with van der Waals surface area (Å²) in [5, 5.41) is 2.04. The molecule has 0 aliphatic heterocycles. The zero-order chi connectivity index (χ0) is 10.1. The van der Waals surface area contributed by atoms with Crippen LogP contribution in [0.2, 0.25) is 0 Å². The van der Waals surface area contributed by atoms with E-state index in [1.807, 2.05) is 6.92 Å². The Hall–Kier alpha value is -1.29. The molecule has 1 aromatic heterocycles. The van der Waals surface area contributed by atoms with Gasteiger partial charge in [0.05, 0.1) is 12.3 Å². The van der Waals surface area contributed by atoms with Crippen molar-refractivity contribution in [1.82, 2.24) is 0 Å². The molecule has 2 aromatic rings. The maximum Gasteiger partial charge on any atom is 0.143 e. The molecule has 0 amide bonds. The van der Waals surface area contributed by atoms with Gasteiger partial charge in [0.25, 0.3) is 0 Å². The molecule has 2 rings (SSSR count). The van der Waals surface area contributed by atoms with Gasteiger partial charge < -0.3 is 10.5 Å². The van der Waals surface area contributed by atoms with Crippen molar-refractivity contribution in [2.75, 3.05) is 12.3 Å². The molecule has 0 radical (unpaired) electrons. The first-order valence-electron chi connectivity index (χ1n) is 4.31. The van der Waals surface area contributed by atoms with E-state index in [0.29, 0.717) is 23.4 Å². The van der Waals surface area contributed by atoms with E-state index in [9.17, 15) is 4.39 Å².